The monoisotopic (exact) mass is 296 g/mol. The van der Waals surface area contributed by atoms with Gasteiger partial charge < -0.3 is 5.11 Å². The minimum atomic E-state index is -0.925. The molecule has 0 saturated heterocycles. The largest absolute Gasteiger partial charge is 0.478 e. The van der Waals surface area contributed by atoms with E-state index in [9.17, 15) is 9.90 Å². The first-order valence-corrected chi connectivity index (χ1v) is 6.90. The second kappa shape index (κ2) is 5.48. The lowest BCUT2D eigenvalue weighted by atomic mass is 10.1. The lowest BCUT2D eigenvalue weighted by Gasteiger charge is -2.05. The van der Waals surface area contributed by atoms with Crippen molar-refractivity contribution in [2.45, 2.75) is 13.5 Å². The van der Waals surface area contributed by atoms with Gasteiger partial charge in [0.1, 0.15) is 0 Å². The van der Waals surface area contributed by atoms with Crippen LogP contribution in [-0.2, 0) is 13.6 Å². The van der Waals surface area contributed by atoms with Crippen LogP contribution in [0.15, 0.2) is 42.7 Å². The van der Waals surface area contributed by atoms with E-state index in [4.69, 9.17) is 0 Å². The first-order chi connectivity index (χ1) is 10.5. The molecule has 3 rings (SSSR count). The average Bonchev–Trinajstić information content (AvgIpc) is 3.05. The van der Waals surface area contributed by atoms with Crippen molar-refractivity contribution in [3.8, 4) is 11.3 Å². The summed E-state index contributed by atoms with van der Waals surface area (Å²) < 4.78 is 3.49. The molecule has 6 nitrogen and oxygen atoms in total. The van der Waals surface area contributed by atoms with Gasteiger partial charge in [0.25, 0.3) is 0 Å². The van der Waals surface area contributed by atoms with Gasteiger partial charge in [0.05, 0.1) is 23.5 Å². The van der Waals surface area contributed by atoms with Crippen molar-refractivity contribution in [1.29, 1.82) is 0 Å². The molecule has 0 aliphatic carbocycles. The molecule has 6 heteroatoms. The summed E-state index contributed by atoms with van der Waals surface area (Å²) in [7, 11) is 1.87. The molecule has 2 heterocycles. The Balaban J connectivity index is 1.89. The quantitative estimate of drug-likeness (QED) is 0.802. The molecule has 0 bridgehead atoms. The van der Waals surface area contributed by atoms with Crippen LogP contribution in [0, 0.1) is 6.92 Å². The van der Waals surface area contributed by atoms with Crippen LogP contribution in [0.5, 0.6) is 0 Å². The summed E-state index contributed by atoms with van der Waals surface area (Å²) >= 11 is 0. The number of nitrogens with zero attached hydrogens (tertiary/aromatic N) is 4. The highest BCUT2D eigenvalue weighted by Crippen LogP contribution is 2.20. The standard InChI is InChI=1S/C16H16N4O2/c1-11-14(10-19(2)17-11)15-7-8-20(18-15)9-12-5-3-4-6-13(12)16(21)22/h3-8,10H,9H2,1-2H3,(H,21,22). The zero-order chi connectivity index (χ0) is 15.7. The van der Waals surface area contributed by atoms with Gasteiger partial charge in [0, 0.05) is 25.0 Å². The molecule has 0 atom stereocenters. The molecular formula is C16H16N4O2. The Morgan fingerprint density at radius 1 is 1.23 bits per heavy atom. The van der Waals surface area contributed by atoms with E-state index >= 15 is 0 Å². The number of carboxylic acids is 1. The summed E-state index contributed by atoms with van der Waals surface area (Å²) in [6, 6.07) is 8.87. The van der Waals surface area contributed by atoms with Crippen molar-refractivity contribution in [3.63, 3.8) is 0 Å². The molecule has 112 valence electrons. The fraction of sp³-hybridized carbons (Fsp3) is 0.188. The maximum absolute atomic E-state index is 11.2. The molecule has 0 fully saturated rings. The van der Waals surface area contributed by atoms with Crippen LogP contribution in [0.25, 0.3) is 11.3 Å². The lowest BCUT2D eigenvalue weighted by Crippen LogP contribution is -2.07. The van der Waals surface area contributed by atoms with E-state index in [0.717, 1.165) is 22.5 Å². The van der Waals surface area contributed by atoms with Crippen LogP contribution in [0.2, 0.25) is 0 Å². The Labute approximate surface area is 127 Å². The van der Waals surface area contributed by atoms with Crippen molar-refractivity contribution in [2.24, 2.45) is 7.05 Å². The Morgan fingerprint density at radius 2 is 2.00 bits per heavy atom. The molecule has 0 radical (unpaired) electrons. The third-order valence-electron chi connectivity index (χ3n) is 3.51. The summed E-state index contributed by atoms with van der Waals surface area (Å²) in [5.41, 5.74) is 3.76. The first kappa shape index (κ1) is 14.1. The number of carboxylic acid groups (broad SMARTS) is 1. The minimum absolute atomic E-state index is 0.303. The van der Waals surface area contributed by atoms with Gasteiger partial charge in [0.15, 0.2) is 0 Å². The number of benzene rings is 1. The second-order valence-electron chi connectivity index (χ2n) is 5.16. The van der Waals surface area contributed by atoms with Gasteiger partial charge >= 0.3 is 5.97 Å². The highest BCUT2D eigenvalue weighted by molar-refractivity contribution is 5.89. The van der Waals surface area contributed by atoms with Crippen molar-refractivity contribution in [2.75, 3.05) is 0 Å². The SMILES string of the molecule is Cc1nn(C)cc1-c1ccn(Cc2ccccc2C(=O)O)n1. The minimum Gasteiger partial charge on any atom is -0.478 e. The van der Waals surface area contributed by atoms with E-state index in [1.807, 2.05) is 38.5 Å². The number of hydrogen-bond acceptors (Lipinski definition) is 3. The van der Waals surface area contributed by atoms with Crippen molar-refractivity contribution in [1.82, 2.24) is 19.6 Å². The normalized spacial score (nSPS) is 10.8. The van der Waals surface area contributed by atoms with Gasteiger partial charge in [-0.1, -0.05) is 18.2 Å². The molecule has 0 spiro atoms. The first-order valence-electron chi connectivity index (χ1n) is 6.90. The molecule has 0 aliphatic rings. The van der Waals surface area contributed by atoms with Crippen LogP contribution in [0.3, 0.4) is 0 Å². The Bertz CT molecular complexity index is 832. The zero-order valence-corrected chi connectivity index (χ0v) is 12.4. The molecule has 3 aromatic rings. The number of aromatic nitrogens is 4. The molecule has 0 aliphatic heterocycles. The van der Waals surface area contributed by atoms with Crippen molar-refractivity contribution >= 4 is 5.97 Å². The molecule has 1 N–H and O–H groups in total. The van der Waals surface area contributed by atoms with Crippen molar-refractivity contribution < 1.29 is 9.90 Å². The number of rotatable bonds is 4. The highest BCUT2D eigenvalue weighted by atomic mass is 16.4. The number of aromatic carboxylic acids is 1. The number of carbonyl (C=O) groups is 1. The maximum atomic E-state index is 11.2. The van der Waals surface area contributed by atoms with Crippen LogP contribution in [0.4, 0.5) is 0 Å². The van der Waals surface area contributed by atoms with Gasteiger partial charge in [-0.25, -0.2) is 4.79 Å². The van der Waals surface area contributed by atoms with Crippen LogP contribution < -0.4 is 0 Å². The number of aryl methyl sites for hydroxylation is 2. The Kier molecular flexibility index (Phi) is 3.50. The van der Waals surface area contributed by atoms with Gasteiger partial charge in [0.2, 0.25) is 0 Å². The molecule has 1 aromatic carbocycles. The topological polar surface area (TPSA) is 72.9 Å². The zero-order valence-electron chi connectivity index (χ0n) is 12.4. The summed E-state index contributed by atoms with van der Waals surface area (Å²) in [6.07, 6.45) is 3.77. The molecular weight excluding hydrogens is 280 g/mol. The van der Waals surface area contributed by atoms with Crippen LogP contribution in [0.1, 0.15) is 21.6 Å². The van der Waals surface area contributed by atoms with Crippen molar-refractivity contribution in [3.05, 3.63) is 59.5 Å². The van der Waals surface area contributed by atoms with Crippen LogP contribution >= 0.6 is 0 Å². The predicted octanol–water partition coefficient (Wildman–Crippen LogP) is 2.34. The third-order valence-corrected chi connectivity index (χ3v) is 3.51. The van der Waals surface area contributed by atoms with E-state index in [0.29, 0.717) is 12.1 Å². The predicted molar refractivity (Wildman–Crippen MR) is 81.7 cm³/mol. The van der Waals surface area contributed by atoms with Crippen LogP contribution in [-0.4, -0.2) is 30.6 Å². The van der Waals surface area contributed by atoms with Gasteiger partial charge in [-0.15, -0.1) is 0 Å². The second-order valence-corrected chi connectivity index (χ2v) is 5.16. The fourth-order valence-electron chi connectivity index (χ4n) is 2.49. The lowest BCUT2D eigenvalue weighted by molar-refractivity contribution is 0.0695. The van der Waals surface area contributed by atoms with Gasteiger partial charge in [-0.2, -0.15) is 10.2 Å². The highest BCUT2D eigenvalue weighted by Gasteiger charge is 2.12. The summed E-state index contributed by atoms with van der Waals surface area (Å²) in [5.74, 6) is -0.925. The third kappa shape index (κ3) is 2.63. The van der Waals surface area contributed by atoms with Gasteiger partial charge in [-0.3, -0.25) is 9.36 Å². The molecule has 0 amide bonds. The fourth-order valence-corrected chi connectivity index (χ4v) is 2.49. The summed E-state index contributed by atoms with van der Waals surface area (Å²) in [6.45, 7) is 2.36. The van der Waals surface area contributed by atoms with E-state index in [1.54, 1.807) is 27.6 Å². The van der Waals surface area contributed by atoms with E-state index < -0.39 is 5.97 Å². The van der Waals surface area contributed by atoms with E-state index in [2.05, 4.69) is 10.2 Å². The smallest absolute Gasteiger partial charge is 0.336 e. The summed E-state index contributed by atoms with van der Waals surface area (Å²) in [4.78, 5) is 11.2. The van der Waals surface area contributed by atoms with E-state index in [-0.39, 0.29) is 0 Å². The molecule has 2 aromatic heterocycles. The summed E-state index contributed by atoms with van der Waals surface area (Å²) in [5, 5.41) is 18.1. The number of hydrogen-bond donors (Lipinski definition) is 1. The Morgan fingerprint density at radius 3 is 2.68 bits per heavy atom. The van der Waals surface area contributed by atoms with Gasteiger partial charge in [-0.05, 0) is 24.6 Å². The maximum Gasteiger partial charge on any atom is 0.336 e. The Hall–Kier alpha value is -2.89. The average molecular weight is 296 g/mol. The molecule has 0 unspecified atom stereocenters. The molecule has 0 saturated carbocycles. The molecule has 22 heavy (non-hydrogen) atoms. The van der Waals surface area contributed by atoms with E-state index in [1.165, 1.54) is 0 Å².